The van der Waals surface area contributed by atoms with Gasteiger partial charge in [-0.25, -0.2) is 0 Å². The van der Waals surface area contributed by atoms with Gasteiger partial charge in [0.05, 0.1) is 6.54 Å². The molecule has 0 saturated heterocycles. The van der Waals surface area contributed by atoms with Crippen molar-refractivity contribution in [1.82, 2.24) is 4.90 Å². The number of hydrogen-bond acceptors (Lipinski definition) is 2. The molecule has 0 spiro atoms. The lowest BCUT2D eigenvalue weighted by molar-refractivity contribution is -0.132. The maximum Gasteiger partial charge on any atom is 0.226 e. The maximum atomic E-state index is 12.0. The number of benzene rings is 1. The summed E-state index contributed by atoms with van der Waals surface area (Å²) in [5.74, 6) is 6.88. The van der Waals surface area contributed by atoms with E-state index < -0.39 is 0 Å². The van der Waals surface area contributed by atoms with Crippen LogP contribution in [0.1, 0.15) is 24.5 Å². The molecule has 100 valence electrons. The first kappa shape index (κ1) is 13.6. The molecule has 1 aromatic rings. The van der Waals surface area contributed by atoms with E-state index in [0.29, 0.717) is 19.0 Å². The molecular formula is C16H20N2O. The van der Waals surface area contributed by atoms with Crippen molar-refractivity contribution in [1.29, 1.82) is 0 Å². The summed E-state index contributed by atoms with van der Waals surface area (Å²) in [4.78, 5) is 13.8. The molecule has 1 saturated carbocycles. The van der Waals surface area contributed by atoms with Gasteiger partial charge in [-0.2, -0.15) is 0 Å². The summed E-state index contributed by atoms with van der Waals surface area (Å²) in [6, 6.07) is 7.97. The van der Waals surface area contributed by atoms with Gasteiger partial charge in [-0.15, -0.1) is 0 Å². The van der Waals surface area contributed by atoms with Crippen LogP contribution in [0, 0.1) is 23.7 Å². The highest BCUT2D eigenvalue weighted by molar-refractivity contribution is 5.81. The van der Waals surface area contributed by atoms with Gasteiger partial charge in [0.15, 0.2) is 0 Å². The minimum Gasteiger partial charge on any atom is -0.341 e. The molecule has 1 aliphatic carbocycles. The Kier molecular flexibility index (Phi) is 4.24. The van der Waals surface area contributed by atoms with Crippen LogP contribution in [-0.2, 0) is 11.3 Å². The molecule has 0 aromatic heterocycles. The van der Waals surface area contributed by atoms with Crippen molar-refractivity contribution < 1.29 is 4.79 Å². The minimum atomic E-state index is 0.250. The van der Waals surface area contributed by atoms with Crippen LogP contribution in [0.25, 0.3) is 0 Å². The van der Waals surface area contributed by atoms with Crippen molar-refractivity contribution in [2.24, 2.45) is 17.6 Å². The number of nitrogens with two attached hydrogens (primary N) is 1. The molecule has 2 N–H and O–H groups in total. The number of carbonyl (C=O) groups excluding carboxylic acids is 1. The first-order chi connectivity index (χ1) is 9.11. The van der Waals surface area contributed by atoms with Crippen molar-refractivity contribution in [3.05, 3.63) is 35.4 Å². The third-order valence-electron chi connectivity index (χ3n) is 3.51. The zero-order valence-electron chi connectivity index (χ0n) is 11.5. The van der Waals surface area contributed by atoms with Crippen molar-refractivity contribution >= 4 is 5.91 Å². The molecule has 1 fully saturated rings. The molecular weight excluding hydrogens is 236 g/mol. The SMILES string of the molecule is CC1CC1C(=O)N(C)Cc1ccc(C#CCN)cc1. The average molecular weight is 256 g/mol. The monoisotopic (exact) mass is 256 g/mol. The van der Waals surface area contributed by atoms with Crippen LogP contribution in [0.2, 0.25) is 0 Å². The van der Waals surface area contributed by atoms with Gasteiger partial charge < -0.3 is 10.6 Å². The first-order valence-corrected chi connectivity index (χ1v) is 6.64. The second-order valence-corrected chi connectivity index (χ2v) is 5.22. The Hall–Kier alpha value is -1.79. The Balaban J connectivity index is 1.93. The number of hydrogen-bond donors (Lipinski definition) is 1. The highest BCUT2D eigenvalue weighted by Crippen LogP contribution is 2.39. The Labute approximate surface area is 114 Å². The largest absolute Gasteiger partial charge is 0.341 e. The molecule has 2 unspecified atom stereocenters. The van der Waals surface area contributed by atoms with Crippen LogP contribution in [0.3, 0.4) is 0 Å². The topological polar surface area (TPSA) is 46.3 Å². The van der Waals surface area contributed by atoms with Crippen molar-refractivity contribution in [3.63, 3.8) is 0 Å². The third-order valence-corrected chi connectivity index (χ3v) is 3.51. The Bertz CT molecular complexity index is 510. The van der Waals surface area contributed by atoms with Crippen LogP contribution in [-0.4, -0.2) is 24.4 Å². The second-order valence-electron chi connectivity index (χ2n) is 5.22. The van der Waals surface area contributed by atoms with E-state index in [1.807, 2.05) is 36.2 Å². The number of carbonyl (C=O) groups is 1. The molecule has 3 nitrogen and oxygen atoms in total. The van der Waals surface area contributed by atoms with Crippen molar-refractivity contribution in [3.8, 4) is 11.8 Å². The van der Waals surface area contributed by atoms with Gasteiger partial charge in [0.1, 0.15) is 0 Å². The summed E-state index contributed by atoms with van der Waals surface area (Å²) in [6.07, 6.45) is 1.04. The number of amides is 1. The van der Waals surface area contributed by atoms with Gasteiger partial charge in [0.2, 0.25) is 5.91 Å². The number of nitrogens with zero attached hydrogens (tertiary/aromatic N) is 1. The molecule has 1 aromatic carbocycles. The highest BCUT2D eigenvalue weighted by atomic mass is 16.2. The highest BCUT2D eigenvalue weighted by Gasteiger charge is 2.40. The fourth-order valence-electron chi connectivity index (χ4n) is 2.15. The maximum absolute atomic E-state index is 12.0. The molecule has 2 rings (SSSR count). The lowest BCUT2D eigenvalue weighted by Gasteiger charge is -2.17. The van der Waals surface area contributed by atoms with Crippen LogP contribution in [0.15, 0.2) is 24.3 Å². The summed E-state index contributed by atoms with van der Waals surface area (Å²) >= 11 is 0. The van der Waals surface area contributed by atoms with E-state index >= 15 is 0 Å². The van der Waals surface area contributed by atoms with Crippen molar-refractivity contribution in [2.45, 2.75) is 19.9 Å². The normalized spacial score (nSPS) is 20.4. The fourth-order valence-corrected chi connectivity index (χ4v) is 2.15. The smallest absolute Gasteiger partial charge is 0.226 e. The molecule has 2 atom stereocenters. The molecule has 3 heteroatoms. The zero-order chi connectivity index (χ0) is 13.8. The van der Waals surface area contributed by atoms with Gasteiger partial charge in [0, 0.05) is 25.1 Å². The number of rotatable bonds is 3. The Morgan fingerprint density at radius 1 is 1.42 bits per heavy atom. The van der Waals surface area contributed by atoms with E-state index in [1.165, 1.54) is 0 Å². The van der Waals surface area contributed by atoms with Crippen molar-refractivity contribution in [2.75, 3.05) is 13.6 Å². The van der Waals surface area contributed by atoms with Gasteiger partial charge in [-0.3, -0.25) is 4.79 Å². The van der Waals surface area contributed by atoms with Crippen LogP contribution in [0.4, 0.5) is 0 Å². The van der Waals surface area contributed by atoms with Gasteiger partial charge in [0.25, 0.3) is 0 Å². The standard InChI is InChI=1S/C16H20N2O/c1-12-10-15(12)16(19)18(2)11-14-7-5-13(6-8-14)4-3-9-17/h5-8,12,15H,9-11,17H2,1-2H3. The summed E-state index contributed by atoms with van der Waals surface area (Å²) in [5, 5.41) is 0. The van der Waals surface area contributed by atoms with Gasteiger partial charge >= 0.3 is 0 Å². The van der Waals surface area contributed by atoms with E-state index in [4.69, 9.17) is 5.73 Å². The van der Waals surface area contributed by atoms with E-state index in [9.17, 15) is 4.79 Å². The van der Waals surface area contributed by atoms with Gasteiger partial charge in [-0.05, 0) is 30.0 Å². The summed E-state index contributed by atoms with van der Waals surface area (Å²) in [5.41, 5.74) is 7.42. The molecule has 0 bridgehead atoms. The van der Waals surface area contributed by atoms with Crippen LogP contribution < -0.4 is 5.73 Å². The predicted molar refractivity (Wildman–Crippen MR) is 76.1 cm³/mol. The van der Waals surface area contributed by atoms with E-state index in [-0.39, 0.29) is 11.8 Å². The predicted octanol–water partition coefficient (Wildman–Crippen LogP) is 1.61. The average Bonchev–Trinajstić information content (AvgIpc) is 3.14. The first-order valence-electron chi connectivity index (χ1n) is 6.64. The van der Waals surface area contributed by atoms with Crippen LogP contribution in [0.5, 0.6) is 0 Å². The quantitative estimate of drug-likeness (QED) is 0.835. The van der Waals surface area contributed by atoms with Gasteiger partial charge in [-0.1, -0.05) is 30.9 Å². The molecule has 0 radical (unpaired) electrons. The molecule has 0 aliphatic heterocycles. The molecule has 1 aliphatic rings. The summed E-state index contributed by atoms with van der Waals surface area (Å²) in [6.45, 7) is 3.16. The van der Waals surface area contributed by atoms with E-state index in [0.717, 1.165) is 17.5 Å². The van der Waals surface area contributed by atoms with E-state index in [1.54, 1.807) is 0 Å². The summed E-state index contributed by atoms with van der Waals surface area (Å²) < 4.78 is 0. The zero-order valence-corrected chi connectivity index (χ0v) is 11.5. The Morgan fingerprint density at radius 3 is 2.58 bits per heavy atom. The summed E-state index contributed by atoms with van der Waals surface area (Å²) in [7, 11) is 1.87. The van der Waals surface area contributed by atoms with Crippen LogP contribution >= 0.6 is 0 Å². The third kappa shape index (κ3) is 3.59. The molecule has 19 heavy (non-hydrogen) atoms. The van der Waals surface area contributed by atoms with E-state index in [2.05, 4.69) is 18.8 Å². The lowest BCUT2D eigenvalue weighted by Crippen LogP contribution is -2.28. The lowest BCUT2D eigenvalue weighted by atomic mass is 10.1. The Morgan fingerprint density at radius 2 is 2.05 bits per heavy atom. The minimum absolute atomic E-state index is 0.250. The fraction of sp³-hybridized carbons (Fsp3) is 0.438. The molecule has 1 amide bonds. The molecule has 0 heterocycles. The second kappa shape index (κ2) is 5.90.